The van der Waals surface area contributed by atoms with Gasteiger partial charge in [0.2, 0.25) is 5.91 Å². The molecule has 3 heterocycles. The van der Waals surface area contributed by atoms with Crippen LogP contribution < -0.4 is 5.32 Å². The minimum absolute atomic E-state index is 0.118. The lowest BCUT2D eigenvalue weighted by Gasteiger charge is -2.41. The zero-order chi connectivity index (χ0) is 23.2. The van der Waals surface area contributed by atoms with Gasteiger partial charge in [-0.25, -0.2) is 9.97 Å². The molecule has 1 aliphatic heterocycles. The van der Waals surface area contributed by atoms with Gasteiger partial charge in [-0.2, -0.15) is 0 Å². The van der Waals surface area contributed by atoms with Crippen LogP contribution in [0, 0.1) is 17.8 Å². The number of anilines is 1. The van der Waals surface area contributed by atoms with Crippen molar-refractivity contribution >= 4 is 22.5 Å². The predicted molar refractivity (Wildman–Crippen MR) is 133 cm³/mol. The first kappa shape index (κ1) is 22.1. The molecule has 0 atom stereocenters. The number of nitrogens with zero attached hydrogens (tertiary/aromatic N) is 4. The number of hydrogen-bond acceptors (Lipinski definition) is 4. The number of pyridine rings is 1. The number of carbonyl (C=O) groups excluding carboxylic acids is 1. The van der Waals surface area contributed by atoms with E-state index in [9.17, 15) is 4.79 Å². The topological polar surface area (TPSA) is 63.1 Å². The van der Waals surface area contributed by atoms with E-state index in [2.05, 4.69) is 56.8 Å². The lowest BCUT2D eigenvalue weighted by atomic mass is 9.75. The van der Waals surface area contributed by atoms with Crippen LogP contribution in [0.3, 0.4) is 0 Å². The summed E-state index contributed by atoms with van der Waals surface area (Å²) in [4.78, 5) is 24.9. The summed E-state index contributed by atoms with van der Waals surface area (Å²) in [5.74, 6) is 1.73. The van der Waals surface area contributed by atoms with Crippen LogP contribution in [0.4, 0.5) is 5.82 Å². The molecule has 0 radical (unpaired) electrons. The zero-order valence-electron chi connectivity index (χ0n) is 20.3. The molecule has 0 bridgehead atoms. The first-order valence-corrected chi connectivity index (χ1v) is 12.2. The Morgan fingerprint density at radius 3 is 2.45 bits per heavy atom. The van der Waals surface area contributed by atoms with Crippen molar-refractivity contribution in [3.63, 3.8) is 0 Å². The quantitative estimate of drug-likeness (QED) is 0.568. The molecule has 0 spiro atoms. The van der Waals surface area contributed by atoms with E-state index in [0.29, 0.717) is 11.2 Å². The lowest BCUT2D eigenvalue weighted by molar-refractivity contribution is -0.128. The molecule has 0 unspecified atom stereocenters. The maximum absolute atomic E-state index is 13.4. The fraction of sp³-hybridized carbons (Fsp3) is 0.519. The normalized spacial score (nSPS) is 19.5. The monoisotopic (exact) mass is 445 g/mol. The van der Waals surface area contributed by atoms with Crippen LogP contribution in [0.5, 0.6) is 0 Å². The summed E-state index contributed by atoms with van der Waals surface area (Å²) < 4.78 is 2.09. The van der Waals surface area contributed by atoms with Gasteiger partial charge in [0.25, 0.3) is 0 Å². The minimum atomic E-state index is -0.300. The number of hydrogen-bond donors (Lipinski definition) is 1. The van der Waals surface area contributed by atoms with Gasteiger partial charge in [0.1, 0.15) is 11.6 Å². The molecule has 3 aromatic rings. The average Bonchev–Trinajstić information content (AvgIpc) is 3.45. The van der Waals surface area contributed by atoms with Gasteiger partial charge in [0.15, 0.2) is 0 Å². The molecule has 174 valence electrons. The summed E-state index contributed by atoms with van der Waals surface area (Å²) in [6.07, 6.45) is 9.15. The summed E-state index contributed by atoms with van der Waals surface area (Å²) >= 11 is 0. The second kappa shape index (κ2) is 8.24. The highest BCUT2D eigenvalue weighted by Crippen LogP contribution is 2.46. The second-order valence-electron chi connectivity index (χ2n) is 10.6. The van der Waals surface area contributed by atoms with E-state index in [1.54, 1.807) is 0 Å². The third kappa shape index (κ3) is 4.29. The van der Waals surface area contributed by atoms with Crippen LogP contribution in [0.25, 0.3) is 22.0 Å². The van der Waals surface area contributed by atoms with Gasteiger partial charge in [-0.05, 0) is 75.1 Å². The largest absolute Gasteiger partial charge is 0.331 e. The number of rotatable bonds is 6. The van der Waals surface area contributed by atoms with Gasteiger partial charge in [-0.3, -0.25) is 4.79 Å². The molecule has 6 heteroatoms. The standard InChI is InChI=1S/C27H35N5O/c1-5-27(10-12-32(13-11-27)18-26(3)8-9-26)25(33)30-24-15-22-14-20(6-7-21(22)16-29-24)23-17-28-19(2)31(23)4/h6-7,14-17H,5,8-13,18H2,1-4H3,(H,29,30,33). The van der Waals surface area contributed by atoms with Crippen molar-refractivity contribution in [1.82, 2.24) is 19.4 Å². The number of benzene rings is 1. The summed E-state index contributed by atoms with van der Waals surface area (Å²) in [5, 5.41) is 5.28. The van der Waals surface area contributed by atoms with E-state index in [-0.39, 0.29) is 11.3 Å². The SMILES string of the molecule is CCC1(C(=O)Nc2cc3cc(-c4cnc(C)n4C)ccc3cn2)CCN(CC2(C)CC2)CC1. The fourth-order valence-electron chi connectivity index (χ4n) is 5.18. The van der Waals surface area contributed by atoms with Crippen molar-refractivity contribution < 1.29 is 4.79 Å². The van der Waals surface area contributed by atoms with Crippen LogP contribution >= 0.6 is 0 Å². The molecular formula is C27H35N5O. The Hall–Kier alpha value is -2.73. The van der Waals surface area contributed by atoms with E-state index in [4.69, 9.17) is 0 Å². The van der Waals surface area contributed by atoms with Crippen molar-refractivity contribution in [1.29, 1.82) is 0 Å². The molecule has 1 aromatic carbocycles. The van der Waals surface area contributed by atoms with Gasteiger partial charge < -0.3 is 14.8 Å². The van der Waals surface area contributed by atoms with Gasteiger partial charge >= 0.3 is 0 Å². The summed E-state index contributed by atoms with van der Waals surface area (Å²) in [6.45, 7) is 9.73. The molecule has 5 rings (SSSR count). The van der Waals surface area contributed by atoms with Gasteiger partial charge in [0, 0.05) is 30.7 Å². The highest BCUT2D eigenvalue weighted by molar-refractivity contribution is 5.97. The number of aryl methyl sites for hydroxylation is 1. The van der Waals surface area contributed by atoms with E-state index < -0.39 is 0 Å². The van der Waals surface area contributed by atoms with Crippen molar-refractivity contribution in [2.24, 2.45) is 17.9 Å². The van der Waals surface area contributed by atoms with E-state index in [1.807, 2.05) is 32.4 Å². The van der Waals surface area contributed by atoms with Crippen LogP contribution in [-0.4, -0.2) is 45.0 Å². The van der Waals surface area contributed by atoms with Crippen molar-refractivity contribution in [3.8, 4) is 11.3 Å². The molecule has 1 aliphatic carbocycles. The molecule has 2 aliphatic rings. The third-order valence-corrected chi connectivity index (χ3v) is 8.16. The smallest absolute Gasteiger partial charge is 0.231 e. The molecule has 1 N–H and O–H groups in total. The van der Waals surface area contributed by atoms with Crippen molar-refractivity contribution in [2.75, 3.05) is 25.0 Å². The number of imidazole rings is 1. The number of amides is 1. The molecule has 1 saturated heterocycles. The molecular weight excluding hydrogens is 410 g/mol. The first-order valence-electron chi connectivity index (χ1n) is 12.2. The number of carbonyl (C=O) groups is 1. The van der Waals surface area contributed by atoms with Crippen LogP contribution in [0.1, 0.15) is 51.8 Å². The lowest BCUT2D eigenvalue weighted by Crippen LogP contribution is -2.47. The Kier molecular flexibility index (Phi) is 5.52. The van der Waals surface area contributed by atoms with Crippen molar-refractivity contribution in [3.05, 3.63) is 42.5 Å². The highest BCUT2D eigenvalue weighted by atomic mass is 16.2. The summed E-state index contributed by atoms with van der Waals surface area (Å²) in [6, 6.07) is 8.32. The summed E-state index contributed by atoms with van der Waals surface area (Å²) in [5.41, 5.74) is 2.41. The Labute approximate surface area is 196 Å². The number of piperidine rings is 1. The number of aromatic nitrogens is 3. The zero-order valence-corrected chi connectivity index (χ0v) is 20.3. The maximum Gasteiger partial charge on any atom is 0.231 e. The Morgan fingerprint density at radius 1 is 1.06 bits per heavy atom. The van der Waals surface area contributed by atoms with Crippen LogP contribution in [0.2, 0.25) is 0 Å². The van der Waals surface area contributed by atoms with Crippen LogP contribution in [-0.2, 0) is 11.8 Å². The molecule has 1 saturated carbocycles. The predicted octanol–water partition coefficient (Wildman–Crippen LogP) is 5.17. The van der Waals surface area contributed by atoms with Gasteiger partial charge in [-0.15, -0.1) is 0 Å². The minimum Gasteiger partial charge on any atom is -0.331 e. The van der Waals surface area contributed by atoms with E-state index in [0.717, 1.165) is 60.2 Å². The van der Waals surface area contributed by atoms with Crippen molar-refractivity contribution in [2.45, 2.75) is 52.9 Å². The van der Waals surface area contributed by atoms with E-state index in [1.165, 1.54) is 19.4 Å². The molecule has 1 amide bonds. The summed E-state index contributed by atoms with van der Waals surface area (Å²) in [7, 11) is 2.03. The van der Waals surface area contributed by atoms with Gasteiger partial charge in [-0.1, -0.05) is 26.0 Å². The van der Waals surface area contributed by atoms with Gasteiger partial charge in [0.05, 0.1) is 17.3 Å². The average molecular weight is 446 g/mol. The number of likely N-dealkylation sites (tertiary alicyclic amines) is 1. The molecule has 33 heavy (non-hydrogen) atoms. The fourth-order valence-corrected chi connectivity index (χ4v) is 5.18. The van der Waals surface area contributed by atoms with Crippen LogP contribution in [0.15, 0.2) is 36.7 Å². The highest BCUT2D eigenvalue weighted by Gasteiger charge is 2.43. The second-order valence-corrected chi connectivity index (χ2v) is 10.6. The maximum atomic E-state index is 13.4. The molecule has 2 aromatic heterocycles. The van der Waals surface area contributed by atoms with E-state index >= 15 is 0 Å². The Balaban J connectivity index is 1.32. The number of nitrogens with one attached hydrogen (secondary N) is 1. The Bertz CT molecular complexity index is 1180. The third-order valence-electron chi connectivity index (χ3n) is 8.16. The first-order chi connectivity index (χ1) is 15.8. The molecule has 2 fully saturated rings. The number of fused-ring (bicyclic) bond motifs is 1. The Morgan fingerprint density at radius 2 is 1.82 bits per heavy atom. The molecule has 6 nitrogen and oxygen atoms in total.